The van der Waals surface area contributed by atoms with E-state index in [0.717, 1.165) is 24.4 Å². The summed E-state index contributed by atoms with van der Waals surface area (Å²) in [6.07, 6.45) is 5.45. The standard InChI is InChI=1S/C8H12N2OS/c1-3-4-10-7(6-11)5-9-8(10)12-2/h5-6H,3-4H2,1-2H3. The second-order valence-corrected chi connectivity index (χ2v) is 3.21. The van der Waals surface area contributed by atoms with Crippen molar-refractivity contribution in [2.45, 2.75) is 25.0 Å². The van der Waals surface area contributed by atoms with Gasteiger partial charge in [0.2, 0.25) is 0 Å². The van der Waals surface area contributed by atoms with E-state index in [1.54, 1.807) is 18.0 Å². The number of nitrogens with zero attached hydrogens (tertiary/aromatic N) is 2. The van der Waals surface area contributed by atoms with Gasteiger partial charge in [-0.25, -0.2) is 4.98 Å². The number of rotatable bonds is 4. The first kappa shape index (κ1) is 9.32. The van der Waals surface area contributed by atoms with Gasteiger partial charge >= 0.3 is 0 Å². The molecule has 0 atom stereocenters. The fourth-order valence-electron chi connectivity index (χ4n) is 1.08. The molecule has 0 aromatic carbocycles. The maximum atomic E-state index is 10.6. The largest absolute Gasteiger partial charge is 0.317 e. The van der Waals surface area contributed by atoms with Crippen LogP contribution >= 0.6 is 11.8 Å². The van der Waals surface area contributed by atoms with Gasteiger partial charge < -0.3 is 4.57 Å². The zero-order chi connectivity index (χ0) is 8.97. The summed E-state index contributed by atoms with van der Waals surface area (Å²) in [7, 11) is 0. The molecule has 0 spiro atoms. The van der Waals surface area contributed by atoms with Gasteiger partial charge in [0.05, 0.1) is 6.20 Å². The molecule has 1 aromatic rings. The van der Waals surface area contributed by atoms with Crippen molar-refractivity contribution >= 4 is 18.0 Å². The number of thioether (sulfide) groups is 1. The molecule has 3 nitrogen and oxygen atoms in total. The molecule has 0 aliphatic heterocycles. The SMILES string of the molecule is CCCn1c(C=O)cnc1SC. The average molecular weight is 184 g/mol. The maximum absolute atomic E-state index is 10.6. The third-order valence-corrected chi connectivity index (χ3v) is 2.29. The van der Waals surface area contributed by atoms with E-state index < -0.39 is 0 Å². The van der Waals surface area contributed by atoms with Crippen LogP contribution in [0.25, 0.3) is 0 Å². The summed E-state index contributed by atoms with van der Waals surface area (Å²) in [6.45, 7) is 2.95. The second-order valence-electron chi connectivity index (χ2n) is 2.44. The Hall–Kier alpha value is -0.770. The van der Waals surface area contributed by atoms with Gasteiger partial charge in [-0.2, -0.15) is 0 Å². The Morgan fingerprint density at radius 1 is 1.75 bits per heavy atom. The zero-order valence-corrected chi connectivity index (χ0v) is 8.10. The molecule has 12 heavy (non-hydrogen) atoms. The van der Waals surface area contributed by atoms with Crippen LogP contribution in [-0.2, 0) is 6.54 Å². The highest BCUT2D eigenvalue weighted by Crippen LogP contribution is 2.14. The Morgan fingerprint density at radius 3 is 3.00 bits per heavy atom. The van der Waals surface area contributed by atoms with Crippen LogP contribution in [0.1, 0.15) is 23.8 Å². The third kappa shape index (κ3) is 1.69. The molecule has 1 heterocycles. The second kappa shape index (κ2) is 4.30. The number of hydrogen-bond acceptors (Lipinski definition) is 3. The third-order valence-electron chi connectivity index (χ3n) is 1.60. The van der Waals surface area contributed by atoms with E-state index >= 15 is 0 Å². The molecule has 0 radical (unpaired) electrons. The van der Waals surface area contributed by atoms with Crippen LogP contribution in [0.3, 0.4) is 0 Å². The van der Waals surface area contributed by atoms with Crippen molar-refractivity contribution in [2.24, 2.45) is 0 Å². The van der Waals surface area contributed by atoms with Crippen LogP contribution in [-0.4, -0.2) is 22.1 Å². The number of aldehydes is 1. The van der Waals surface area contributed by atoms with E-state index in [2.05, 4.69) is 11.9 Å². The van der Waals surface area contributed by atoms with Crippen molar-refractivity contribution in [3.63, 3.8) is 0 Å². The van der Waals surface area contributed by atoms with Gasteiger partial charge in [-0.15, -0.1) is 0 Å². The molecule has 1 aromatic heterocycles. The van der Waals surface area contributed by atoms with Crippen LogP contribution < -0.4 is 0 Å². The molecular formula is C8H12N2OS. The highest BCUT2D eigenvalue weighted by molar-refractivity contribution is 7.98. The van der Waals surface area contributed by atoms with Crippen LogP contribution in [0.15, 0.2) is 11.4 Å². The molecule has 4 heteroatoms. The normalized spacial score (nSPS) is 10.2. The summed E-state index contributed by atoms with van der Waals surface area (Å²) in [5.41, 5.74) is 0.668. The lowest BCUT2D eigenvalue weighted by Gasteiger charge is -2.04. The van der Waals surface area contributed by atoms with Gasteiger partial charge in [-0.05, 0) is 12.7 Å². The van der Waals surface area contributed by atoms with E-state index in [9.17, 15) is 4.79 Å². The summed E-state index contributed by atoms with van der Waals surface area (Å²) < 4.78 is 1.94. The predicted octanol–water partition coefficient (Wildman–Crippen LogP) is 1.83. The van der Waals surface area contributed by atoms with E-state index in [-0.39, 0.29) is 0 Å². The number of aromatic nitrogens is 2. The van der Waals surface area contributed by atoms with Crippen molar-refractivity contribution in [3.05, 3.63) is 11.9 Å². The predicted molar refractivity (Wildman–Crippen MR) is 49.7 cm³/mol. The maximum Gasteiger partial charge on any atom is 0.168 e. The molecule has 1 rings (SSSR count). The van der Waals surface area contributed by atoms with E-state index in [1.807, 2.05) is 10.8 Å². The van der Waals surface area contributed by atoms with Crippen molar-refractivity contribution in [1.82, 2.24) is 9.55 Å². The van der Waals surface area contributed by atoms with E-state index in [0.29, 0.717) is 5.69 Å². The number of hydrogen-bond donors (Lipinski definition) is 0. The van der Waals surface area contributed by atoms with E-state index in [1.165, 1.54) is 0 Å². The molecule has 0 saturated carbocycles. The lowest BCUT2D eigenvalue weighted by Crippen LogP contribution is -2.02. The topological polar surface area (TPSA) is 34.9 Å². The average Bonchev–Trinajstić information content (AvgIpc) is 2.48. The first-order valence-electron chi connectivity index (χ1n) is 3.88. The lowest BCUT2D eigenvalue weighted by molar-refractivity contribution is 0.111. The summed E-state index contributed by atoms with van der Waals surface area (Å²) in [5.74, 6) is 0. The molecule has 0 fully saturated rings. The number of imidazole rings is 1. The van der Waals surface area contributed by atoms with Crippen molar-refractivity contribution in [1.29, 1.82) is 0 Å². The summed E-state index contributed by atoms with van der Waals surface area (Å²) in [5, 5.41) is 0.916. The molecule has 0 aliphatic carbocycles. The monoisotopic (exact) mass is 184 g/mol. The smallest absolute Gasteiger partial charge is 0.168 e. The van der Waals surface area contributed by atoms with Crippen LogP contribution in [0, 0.1) is 0 Å². The number of carbonyl (C=O) groups excluding carboxylic acids is 1. The minimum atomic E-state index is 0.668. The summed E-state index contributed by atoms with van der Waals surface area (Å²) >= 11 is 1.56. The molecule has 66 valence electrons. The van der Waals surface area contributed by atoms with Gasteiger partial charge in [0.1, 0.15) is 5.69 Å². The van der Waals surface area contributed by atoms with Crippen molar-refractivity contribution in [2.75, 3.05) is 6.26 Å². The van der Waals surface area contributed by atoms with Gasteiger partial charge in [0.15, 0.2) is 11.4 Å². The first-order valence-corrected chi connectivity index (χ1v) is 5.10. The van der Waals surface area contributed by atoms with Gasteiger partial charge in [0, 0.05) is 6.54 Å². The molecule has 0 aliphatic rings. The lowest BCUT2D eigenvalue weighted by atomic mass is 10.4. The quantitative estimate of drug-likeness (QED) is 0.529. The van der Waals surface area contributed by atoms with Gasteiger partial charge in [-0.1, -0.05) is 18.7 Å². The molecule has 0 unspecified atom stereocenters. The zero-order valence-electron chi connectivity index (χ0n) is 7.28. The summed E-state index contributed by atoms with van der Waals surface area (Å²) in [6, 6.07) is 0. The highest BCUT2D eigenvalue weighted by atomic mass is 32.2. The molecule has 0 saturated heterocycles. The summed E-state index contributed by atoms with van der Waals surface area (Å²) in [4.78, 5) is 14.7. The molecule has 0 bridgehead atoms. The fourth-order valence-corrected chi connectivity index (χ4v) is 1.65. The van der Waals surface area contributed by atoms with Crippen LogP contribution in [0.5, 0.6) is 0 Å². The van der Waals surface area contributed by atoms with Gasteiger partial charge in [0.25, 0.3) is 0 Å². The Bertz CT molecular complexity index is 270. The van der Waals surface area contributed by atoms with Crippen LogP contribution in [0.2, 0.25) is 0 Å². The highest BCUT2D eigenvalue weighted by Gasteiger charge is 2.06. The van der Waals surface area contributed by atoms with Crippen molar-refractivity contribution in [3.8, 4) is 0 Å². The molecule has 0 amide bonds. The Labute approximate surface area is 76.2 Å². The van der Waals surface area contributed by atoms with Crippen LogP contribution in [0.4, 0.5) is 0 Å². The minimum Gasteiger partial charge on any atom is -0.317 e. The molecule has 0 N–H and O–H groups in total. The van der Waals surface area contributed by atoms with Gasteiger partial charge in [-0.3, -0.25) is 4.79 Å². The minimum absolute atomic E-state index is 0.668. The fraction of sp³-hybridized carbons (Fsp3) is 0.500. The Morgan fingerprint density at radius 2 is 2.50 bits per heavy atom. The van der Waals surface area contributed by atoms with Crippen molar-refractivity contribution < 1.29 is 4.79 Å². The molecular weight excluding hydrogens is 172 g/mol. The Balaban J connectivity index is 2.98. The first-order chi connectivity index (χ1) is 5.83. The Kier molecular flexibility index (Phi) is 3.34. The van der Waals surface area contributed by atoms with E-state index in [4.69, 9.17) is 0 Å². The number of carbonyl (C=O) groups is 1.